The number of fused-ring (bicyclic) bond motifs is 1. The molecule has 1 heterocycles. The van der Waals surface area contributed by atoms with Crippen molar-refractivity contribution in [2.75, 3.05) is 33.2 Å². The number of thioether (sulfide) groups is 1. The predicted octanol–water partition coefficient (Wildman–Crippen LogP) is 2.47. The molecule has 1 N–H and O–H groups in total. The van der Waals surface area contributed by atoms with Crippen molar-refractivity contribution in [3.05, 3.63) is 28.8 Å². The van der Waals surface area contributed by atoms with Gasteiger partial charge in [-0.15, -0.1) is 0 Å². The Labute approximate surface area is 107 Å². The molecule has 0 saturated carbocycles. The molecule has 0 atom stereocenters. The van der Waals surface area contributed by atoms with Gasteiger partial charge in [0.05, 0.1) is 12.1 Å². The summed E-state index contributed by atoms with van der Waals surface area (Å²) < 4.78 is 5.48. The molecule has 0 aromatic heterocycles. The molecule has 0 unspecified atom stereocenters. The molecule has 0 fully saturated rings. The van der Waals surface area contributed by atoms with Crippen LogP contribution in [0.4, 0.5) is 5.69 Å². The van der Waals surface area contributed by atoms with E-state index in [2.05, 4.69) is 28.4 Å². The molecule has 0 aliphatic carbocycles. The first-order valence-electron chi connectivity index (χ1n) is 5.59. The molecule has 1 aromatic carbocycles. The van der Waals surface area contributed by atoms with Crippen LogP contribution in [0, 0.1) is 0 Å². The van der Waals surface area contributed by atoms with Crippen LogP contribution in [0.15, 0.2) is 28.1 Å². The molecule has 17 heavy (non-hydrogen) atoms. The number of nitrogens with one attached hydrogen (secondary N) is 1. The van der Waals surface area contributed by atoms with E-state index in [1.165, 1.54) is 21.2 Å². The molecule has 0 radical (unpaired) electrons. The third-order valence-electron chi connectivity index (χ3n) is 2.85. The lowest BCUT2D eigenvalue weighted by atomic mass is 10.1. The minimum atomic E-state index is 0.926. The fourth-order valence-electron chi connectivity index (χ4n) is 1.85. The summed E-state index contributed by atoms with van der Waals surface area (Å²) >= 11 is 1.76. The zero-order chi connectivity index (χ0) is 12.4. The normalized spacial score (nSPS) is 13.8. The number of hydrogen-bond acceptors (Lipinski definition) is 4. The zero-order valence-electron chi connectivity index (χ0n) is 10.7. The van der Waals surface area contributed by atoms with E-state index < -0.39 is 0 Å². The van der Waals surface area contributed by atoms with Crippen LogP contribution in [0.1, 0.15) is 5.56 Å². The van der Waals surface area contributed by atoms with Crippen molar-refractivity contribution >= 4 is 17.4 Å². The van der Waals surface area contributed by atoms with Gasteiger partial charge in [0.15, 0.2) is 0 Å². The standard InChI is InChI=1S/C13H18N2OS/c1-14-13-6-5-10-11(16-4)7-9(15(2)3)8-12(10)17-13/h6-8,14H,5H2,1-4H3. The highest BCUT2D eigenvalue weighted by Gasteiger charge is 2.17. The van der Waals surface area contributed by atoms with Crippen molar-refractivity contribution in [2.45, 2.75) is 11.3 Å². The van der Waals surface area contributed by atoms with Gasteiger partial charge >= 0.3 is 0 Å². The average Bonchev–Trinajstić information content (AvgIpc) is 2.36. The molecule has 1 aliphatic heterocycles. The van der Waals surface area contributed by atoms with E-state index in [9.17, 15) is 0 Å². The maximum absolute atomic E-state index is 5.48. The fraction of sp³-hybridized carbons (Fsp3) is 0.385. The van der Waals surface area contributed by atoms with E-state index in [0.717, 1.165) is 12.2 Å². The van der Waals surface area contributed by atoms with Crippen LogP contribution >= 0.6 is 11.8 Å². The van der Waals surface area contributed by atoms with E-state index in [1.54, 1.807) is 18.9 Å². The van der Waals surface area contributed by atoms with Crippen molar-refractivity contribution in [1.29, 1.82) is 0 Å². The second kappa shape index (κ2) is 4.92. The molecule has 2 rings (SSSR count). The van der Waals surface area contributed by atoms with E-state index in [0.29, 0.717) is 0 Å². The van der Waals surface area contributed by atoms with Crippen LogP contribution < -0.4 is 15.0 Å². The quantitative estimate of drug-likeness (QED) is 0.890. The SMILES string of the molecule is CNC1=CCc2c(OC)cc(N(C)C)cc2S1. The summed E-state index contributed by atoms with van der Waals surface area (Å²) in [5.41, 5.74) is 2.45. The molecule has 0 bridgehead atoms. The summed E-state index contributed by atoms with van der Waals surface area (Å²) in [4.78, 5) is 3.38. The Morgan fingerprint density at radius 2 is 2.12 bits per heavy atom. The number of allylic oxidation sites excluding steroid dienone is 1. The Hall–Kier alpha value is -1.29. The fourth-order valence-corrected chi connectivity index (χ4v) is 2.84. The van der Waals surface area contributed by atoms with Crippen molar-refractivity contribution in [3.8, 4) is 5.75 Å². The van der Waals surface area contributed by atoms with E-state index >= 15 is 0 Å². The maximum atomic E-state index is 5.48. The monoisotopic (exact) mass is 250 g/mol. The lowest BCUT2D eigenvalue weighted by molar-refractivity contribution is 0.409. The Bertz CT molecular complexity index is 455. The molecule has 1 aliphatic rings. The highest BCUT2D eigenvalue weighted by atomic mass is 32.2. The lowest BCUT2D eigenvalue weighted by Gasteiger charge is -2.22. The molecule has 0 amide bonds. The zero-order valence-corrected chi connectivity index (χ0v) is 11.5. The Balaban J connectivity index is 2.44. The number of ether oxygens (including phenoxy) is 1. The van der Waals surface area contributed by atoms with Gasteiger partial charge in [0.1, 0.15) is 5.75 Å². The van der Waals surface area contributed by atoms with Crippen LogP contribution in [0.2, 0.25) is 0 Å². The van der Waals surface area contributed by atoms with Crippen LogP contribution in [-0.4, -0.2) is 28.3 Å². The van der Waals surface area contributed by atoms with Crippen molar-refractivity contribution in [1.82, 2.24) is 5.32 Å². The molecular formula is C13H18N2OS. The van der Waals surface area contributed by atoms with Gasteiger partial charge in [-0.1, -0.05) is 11.8 Å². The molecule has 0 saturated heterocycles. The second-order valence-corrected chi connectivity index (χ2v) is 5.23. The summed E-state index contributed by atoms with van der Waals surface area (Å²) in [6.45, 7) is 0. The van der Waals surface area contributed by atoms with Crippen LogP contribution in [0.5, 0.6) is 5.75 Å². The third-order valence-corrected chi connectivity index (χ3v) is 4.02. The number of benzene rings is 1. The van der Waals surface area contributed by atoms with Gasteiger partial charge in [0.2, 0.25) is 0 Å². The molecule has 1 aromatic rings. The number of methoxy groups -OCH3 is 1. The molecule has 92 valence electrons. The maximum Gasteiger partial charge on any atom is 0.125 e. The summed E-state index contributed by atoms with van der Waals surface area (Å²) in [6.07, 6.45) is 3.13. The molecular weight excluding hydrogens is 232 g/mol. The third kappa shape index (κ3) is 2.36. The molecule has 0 spiro atoms. The van der Waals surface area contributed by atoms with Crippen LogP contribution in [0.25, 0.3) is 0 Å². The summed E-state index contributed by atoms with van der Waals surface area (Å²) in [7, 11) is 7.78. The van der Waals surface area contributed by atoms with Crippen LogP contribution in [0.3, 0.4) is 0 Å². The number of hydrogen-bond donors (Lipinski definition) is 1. The van der Waals surface area contributed by atoms with Gasteiger partial charge < -0.3 is 15.0 Å². The van der Waals surface area contributed by atoms with Gasteiger partial charge in [0, 0.05) is 43.4 Å². The van der Waals surface area contributed by atoms with Crippen molar-refractivity contribution < 1.29 is 4.74 Å². The van der Waals surface area contributed by atoms with Gasteiger partial charge in [0.25, 0.3) is 0 Å². The summed E-state index contributed by atoms with van der Waals surface area (Å²) in [5.74, 6) is 0.977. The summed E-state index contributed by atoms with van der Waals surface area (Å²) in [5, 5.41) is 4.40. The smallest absolute Gasteiger partial charge is 0.125 e. The Morgan fingerprint density at radius 1 is 1.35 bits per heavy atom. The Kier molecular flexibility index (Phi) is 3.52. The largest absolute Gasteiger partial charge is 0.496 e. The number of anilines is 1. The van der Waals surface area contributed by atoms with Crippen molar-refractivity contribution in [3.63, 3.8) is 0 Å². The number of rotatable bonds is 3. The number of nitrogens with zero attached hydrogens (tertiary/aromatic N) is 1. The highest BCUT2D eigenvalue weighted by molar-refractivity contribution is 8.03. The highest BCUT2D eigenvalue weighted by Crippen LogP contribution is 2.40. The summed E-state index contributed by atoms with van der Waals surface area (Å²) in [6, 6.07) is 4.31. The van der Waals surface area contributed by atoms with Gasteiger partial charge in [-0.05, 0) is 18.6 Å². The topological polar surface area (TPSA) is 24.5 Å². The Morgan fingerprint density at radius 3 is 2.71 bits per heavy atom. The van der Waals surface area contributed by atoms with Gasteiger partial charge in [-0.3, -0.25) is 0 Å². The van der Waals surface area contributed by atoms with E-state index in [4.69, 9.17) is 4.74 Å². The van der Waals surface area contributed by atoms with Crippen molar-refractivity contribution in [2.24, 2.45) is 0 Å². The van der Waals surface area contributed by atoms with E-state index in [1.807, 2.05) is 21.1 Å². The van der Waals surface area contributed by atoms with E-state index in [-0.39, 0.29) is 0 Å². The van der Waals surface area contributed by atoms with Gasteiger partial charge in [-0.25, -0.2) is 0 Å². The first-order chi connectivity index (χ1) is 8.15. The second-order valence-electron chi connectivity index (χ2n) is 4.14. The molecule has 4 heteroatoms. The lowest BCUT2D eigenvalue weighted by Crippen LogP contribution is -2.12. The minimum Gasteiger partial charge on any atom is -0.496 e. The van der Waals surface area contributed by atoms with Gasteiger partial charge in [-0.2, -0.15) is 0 Å². The average molecular weight is 250 g/mol. The first kappa shape index (κ1) is 12.2. The molecule has 3 nitrogen and oxygen atoms in total. The minimum absolute atomic E-state index is 0.926. The predicted molar refractivity (Wildman–Crippen MR) is 74.0 cm³/mol. The first-order valence-corrected chi connectivity index (χ1v) is 6.41. The van der Waals surface area contributed by atoms with Crippen LogP contribution in [-0.2, 0) is 6.42 Å².